The molecule has 0 radical (unpaired) electrons. The summed E-state index contributed by atoms with van der Waals surface area (Å²) in [6.07, 6.45) is 1.64. The van der Waals surface area contributed by atoms with E-state index in [9.17, 15) is 17.6 Å². The fourth-order valence-corrected chi connectivity index (χ4v) is 3.68. The highest BCUT2D eigenvalue weighted by atomic mass is 19.2. The van der Waals surface area contributed by atoms with Crippen molar-refractivity contribution in [3.8, 4) is 16.8 Å². The van der Waals surface area contributed by atoms with Gasteiger partial charge in [0.15, 0.2) is 17.5 Å². The highest BCUT2D eigenvalue weighted by Crippen LogP contribution is 2.32. The third-order valence-corrected chi connectivity index (χ3v) is 5.05. The molecule has 3 aromatic carbocycles. The molecule has 0 aliphatic rings. The molecular formula is C23H13F4N3. The van der Waals surface area contributed by atoms with E-state index in [4.69, 9.17) is 0 Å². The molecule has 3 nitrogen and oxygen atoms in total. The molecule has 0 N–H and O–H groups in total. The van der Waals surface area contributed by atoms with Crippen molar-refractivity contribution < 1.29 is 17.6 Å². The standard InChI is InChI=1S/C23H13F4N3/c1-12-29-21-11-28-20-7-2-13(14-9-18(25)22(27)19(26)10-14)8-17(20)23(21)30(12)16-5-3-15(24)4-6-16/h2-11H,1H3. The second kappa shape index (κ2) is 6.66. The van der Waals surface area contributed by atoms with Crippen molar-refractivity contribution >= 4 is 21.9 Å². The van der Waals surface area contributed by atoms with Gasteiger partial charge in [0.25, 0.3) is 0 Å². The highest BCUT2D eigenvalue weighted by molar-refractivity contribution is 6.04. The number of aryl methyl sites for hydroxylation is 1. The van der Waals surface area contributed by atoms with Crippen LogP contribution in [0.15, 0.2) is 60.8 Å². The summed E-state index contributed by atoms with van der Waals surface area (Å²) in [5.74, 6) is -3.69. The maximum atomic E-state index is 13.7. The number of imidazole rings is 1. The van der Waals surface area contributed by atoms with Crippen molar-refractivity contribution in [3.05, 3.63) is 89.9 Å². The summed E-state index contributed by atoms with van der Waals surface area (Å²) in [7, 11) is 0. The van der Waals surface area contributed by atoms with Gasteiger partial charge in [0.1, 0.15) is 17.2 Å². The zero-order valence-electron chi connectivity index (χ0n) is 15.6. The highest BCUT2D eigenvalue weighted by Gasteiger charge is 2.16. The summed E-state index contributed by atoms with van der Waals surface area (Å²) in [6.45, 7) is 1.82. The molecule has 0 saturated heterocycles. The lowest BCUT2D eigenvalue weighted by atomic mass is 10.0. The Kier molecular flexibility index (Phi) is 4.06. The maximum absolute atomic E-state index is 13.7. The zero-order valence-corrected chi connectivity index (χ0v) is 15.6. The smallest absolute Gasteiger partial charge is 0.194 e. The molecular weight excluding hydrogens is 394 g/mol. The largest absolute Gasteiger partial charge is 0.296 e. The third-order valence-electron chi connectivity index (χ3n) is 5.05. The van der Waals surface area contributed by atoms with Crippen LogP contribution in [0.25, 0.3) is 38.8 Å². The maximum Gasteiger partial charge on any atom is 0.194 e. The van der Waals surface area contributed by atoms with Gasteiger partial charge in [0, 0.05) is 11.1 Å². The van der Waals surface area contributed by atoms with Crippen molar-refractivity contribution in [2.45, 2.75) is 6.92 Å². The Labute approximate surface area is 168 Å². The predicted octanol–water partition coefficient (Wildman–Crippen LogP) is 6.11. The number of hydrogen-bond donors (Lipinski definition) is 0. The first-order valence-electron chi connectivity index (χ1n) is 9.11. The monoisotopic (exact) mass is 407 g/mol. The summed E-state index contributed by atoms with van der Waals surface area (Å²) in [4.78, 5) is 8.95. The number of fused-ring (bicyclic) bond motifs is 3. The van der Waals surface area contributed by atoms with E-state index in [-0.39, 0.29) is 11.4 Å². The number of nitrogens with zero attached hydrogens (tertiary/aromatic N) is 3. The topological polar surface area (TPSA) is 30.7 Å². The van der Waals surface area contributed by atoms with Gasteiger partial charge < -0.3 is 0 Å². The van der Waals surface area contributed by atoms with Gasteiger partial charge in [-0.3, -0.25) is 9.55 Å². The molecule has 0 aliphatic heterocycles. The summed E-state index contributed by atoms with van der Waals surface area (Å²) in [5, 5.41) is 0.695. The zero-order chi connectivity index (χ0) is 21.0. The summed E-state index contributed by atoms with van der Waals surface area (Å²) in [6, 6.07) is 13.0. The Balaban J connectivity index is 1.81. The molecule has 2 heterocycles. The molecule has 5 rings (SSSR count). The molecule has 2 aromatic heterocycles. The molecule has 5 aromatic rings. The Bertz CT molecular complexity index is 1420. The Morgan fingerprint density at radius 3 is 2.17 bits per heavy atom. The Hall–Kier alpha value is -3.74. The van der Waals surface area contributed by atoms with Crippen LogP contribution in [0.2, 0.25) is 0 Å². The molecule has 0 bridgehead atoms. The van der Waals surface area contributed by atoms with Crippen LogP contribution in [0.3, 0.4) is 0 Å². The van der Waals surface area contributed by atoms with Gasteiger partial charge in [0.2, 0.25) is 0 Å². The molecule has 0 spiro atoms. The van der Waals surface area contributed by atoms with E-state index >= 15 is 0 Å². The van der Waals surface area contributed by atoms with E-state index < -0.39 is 17.5 Å². The van der Waals surface area contributed by atoms with E-state index in [2.05, 4.69) is 9.97 Å². The first kappa shape index (κ1) is 18.3. The number of rotatable bonds is 2. The molecule has 0 saturated carbocycles. The van der Waals surface area contributed by atoms with Crippen LogP contribution in [-0.4, -0.2) is 14.5 Å². The minimum absolute atomic E-state index is 0.204. The van der Waals surface area contributed by atoms with Crippen LogP contribution in [-0.2, 0) is 0 Å². The lowest BCUT2D eigenvalue weighted by Crippen LogP contribution is -1.98. The van der Waals surface area contributed by atoms with Gasteiger partial charge in [0.05, 0.1) is 17.2 Å². The summed E-state index contributed by atoms with van der Waals surface area (Å²) in [5.41, 5.74) is 3.42. The number of halogens is 4. The fourth-order valence-electron chi connectivity index (χ4n) is 3.68. The SMILES string of the molecule is Cc1nc2cnc3ccc(-c4cc(F)c(F)c(F)c4)cc3c2n1-c1ccc(F)cc1. The van der Waals surface area contributed by atoms with E-state index in [0.717, 1.165) is 17.6 Å². The third kappa shape index (κ3) is 2.82. The second-order valence-electron chi connectivity index (χ2n) is 6.95. The van der Waals surface area contributed by atoms with Gasteiger partial charge in [-0.15, -0.1) is 0 Å². The molecule has 0 atom stereocenters. The fraction of sp³-hybridized carbons (Fsp3) is 0.0435. The quantitative estimate of drug-likeness (QED) is 0.261. The molecule has 0 fully saturated rings. The van der Waals surface area contributed by atoms with Gasteiger partial charge in [-0.2, -0.15) is 0 Å². The average molecular weight is 407 g/mol. The average Bonchev–Trinajstić information content (AvgIpc) is 3.08. The minimum atomic E-state index is -1.51. The number of aromatic nitrogens is 3. The Morgan fingerprint density at radius 1 is 0.767 bits per heavy atom. The van der Waals surface area contributed by atoms with Crippen LogP contribution >= 0.6 is 0 Å². The molecule has 148 valence electrons. The normalized spacial score (nSPS) is 11.5. The number of hydrogen-bond acceptors (Lipinski definition) is 2. The molecule has 30 heavy (non-hydrogen) atoms. The van der Waals surface area contributed by atoms with Gasteiger partial charge in [-0.25, -0.2) is 22.5 Å². The van der Waals surface area contributed by atoms with Crippen molar-refractivity contribution in [1.29, 1.82) is 0 Å². The molecule has 0 aliphatic carbocycles. The van der Waals surface area contributed by atoms with E-state index in [1.54, 1.807) is 36.5 Å². The molecule has 0 unspecified atom stereocenters. The minimum Gasteiger partial charge on any atom is -0.296 e. The van der Waals surface area contributed by atoms with E-state index in [0.29, 0.717) is 33.5 Å². The summed E-state index contributed by atoms with van der Waals surface area (Å²) >= 11 is 0. The molecule has 0 amide bonds. The van der Waals surface area contributed by atoms with Crippen molar-refractivity contribution in [2.24, 2.45) is 0 Å². The number of pyridine rings is 1. The van der Waals surface area contributed by atoms with Crippen molar-refractivity contribution in [1.82, 2.24) is 14.5 Å². The Morgan fingerprint density at radius 2 is 1.47 bits per heavy atom. The van der Waals surface area contributed by atoms with E-state index in [1.807, 2.05) is 11.5 Å². The van der Waals surface area contributed by atoms with Crippen LogP contribution in [0.1, 0.15) is 5.82 Å². The van der Waals surface area contributed by atoms with E-state index in [1.165, 1.54) is 12.1 Å². The second-order valence-corrected chi connectivity index (χ2v) is 6.95. The van der Waals surface area contributed by atoms with Crippen LogP contribution < -0.4 is 0 Å². The van der Waals surface area contributed by atoms with Crippen molar-refractivity contribution in [2.75, 3.05) is 0 Å². The predicted molar refractivity (Wildman–Crippen MR) is 106 cm³/mol. The van der Waals surface area contributed by atoms with Gasteiger partial charge in [-0.1, -0.05) is 6.07 Å². The first-order chi connectivity index (χ1) is 14.4. The summed E-state index contributed by atoms with van der Waals surface area (Å²) < 4.78 is 56.1. The van der Waals surface area contributed by atoms with Crippen LogP contribution in [0.5, 0.6) is 0 Å². The van der Waals surface area contributed by atoms with Crippen LogP contribution in [0, 0.1) is 30.2 Å². The van der Waals surface area contributed by atoms with Gasteiger partial charge >= 0.3 is 0 Å². The molecule has 7 heteroatoms. The number of benzene rings is 3. The van der Waals surface area contributed by atoms with Crippen LogP contribution in [0.4, 0.5) is 17.6 Å². The lowest BCUT2D eigenvalue weighted by molar-refractivity contribution is 0.448. The van der Waals surface area contributed by atoms with Gasteiger partial charge in [-0.05, 0) is 66.6 Å². The van der Waals surface area contributed by atoms with Crippen molar-refractivity contribution in [3.63, 3.8) is 0 Å². The lowest BCUT2D eigenvalue weighted by Gasteiger charge is -2.10. The first-order valence-corrected chi connectivity index (χ1v) is 9.11.